The third kappa shape index (κ3) is 3.39. The Kier molecular flexibility index (Phi) is 4.78. The van der Waals surface area contributed by atoms with Crippen LogP contribution in [-0.2, 0) is 4.79 Å². The first kappa shape index (κ1) is 16.4. The molecule has 1 aliphatic rings. The van der Waals surface area contributed by atoms with Crippen LogP contribution in [0.25, 0.3) is 5.65 Å². The number of amides is 1. The van der Waals surface area contributed by atoms with Crippen LogP contribution in [0.15, 0.2) is 18.5 Å². The lowest BCUT2D eigenvalue weighted by atomic mass is 9.86. The van der Waals surface area contributed by atoms with Crippen molar-refractivity contribution < 1.29 is 14.7 Å². The van der Waals surface area contributed by atoms with E-state index in [2.05, 4.69) is 15.4 Å². The molecule has 2 aromatic heterocycles. The minimum atomic E-state index is -0.837. The van der Waals surface area contributed by atoms with Gasteiger partial charge in [-0.05, 0) is 25.8 Å². The van der Waals surface area contributed by atoms with Gasteiger partial charge in [-0.1, -0.05) is 25.7 Å². The van der Waals surface area contributed by atoms with Gasteiger partial charge in [-0.25, -0.2) is 9.50 Å². The molecular formula is C17H22N4O3. The van der Waals surface area contributed by atoms with Gasteiger partial charge in [-0.2, -0.15) is 5.10 Å². The van der Waals surface area contributed by atoms with Crippen molar-refractivity contribution in [2.45, 2.75) is 51.5 Å². The number of carbonyl (C=O) groups excluding carboxylic acids is 1. The van der Waals surface area contributed by atoms with Crippen molar-refractivity contribution in [3.05, 3.63) is 29.7 Å². The molecule has 0 spiro atoms. The summed E-state index contributed by atoms with van der Waals surface area (Å²) in [4.78, 5) is 28.6. The summed E-state index contributed by atoms with van der Waals surface area (Å²) < 4.78 is 1.55. The topological polar surface area (TPSA) is 96.6 Å². The second-order valence-electron chi connectivity index (χ2n) is 6.41. The lowest BCUT2D eigenvalue weighted by Gasteiger charge is -2.27. The Morgan fingerprint density at radius 3 is 2.75 bits per heavy atom. The minimum absolute atomic E-state index is 0.306. The summed E-state index contributed by atoms with van der Waals surface area (Å²) in [5.41, 5.74) is 1.67. The lowest BCUT2D eigenvalue weighted by molar-refractivity contribution is -0.143. The van der Waals surface area contributed by atoms with Gasteiger partial charge in [0.15, 0.2) is 5.65 Å². The number of aryl methyl sites for hydroxylation is 1. The van der Waals surface area contributed by atoms with Crippen molar-refractivity contribution in [2.75, 3.05) is 0 Å². The van der Waals surface area contributed by atoms with Gasteiger partial charge in [-0.15, -0.1) is 0 Å². The fraction of sp³-hybridized carbons (Fsp3) is 0.529. The number of carbonyl (C=O) groups is 2. The zero-order valence-electron chi connectivity index (χ0n) is 13.7. The molecular weight excluding hydrogens is 308 g/mol. The van der Waals surface area contributed by atoms with E-state index < -0.39 is 11.9 Å². The molecule has 1 saturated carbocycles. The zero-order chi connectivity index (χ0) is 17.1. The van der Waals surface area contributed by atoms with Crippen molar-refractivity contribution >= 4 is 17.5 Å². The van der Waals surface area contributed by atoms with Crippen molar-refractivity contribution in [1.29, 1.82) is 0 Å². The lowest BCUT2D eigenvalue weighted by Crippen LogP contribution is -2.43. The molecule has 7 heteroatoms. The van der Waals surface area contributed by atoms with Gasteiger partial charge >= 0.3 is 5.97 Å². The van der Waals surface area contributed by atoms with Gasteiger partial charge in [0.05, 0.1) is 12.1 Å². The fourth-order valence-electron chi connectivity index (χ4n) is 3.32. The Balaban J connectivity index is 1.82. The number of aliphatic carboxylic acids is 1. The maximum Gasteiger partial charge on any atom is 0.308 e. The second-order valence-corrected chi connectivity index (χ2v) is 6.41. The van der Waals surface area contributed by atoms with Crippen LogP contribution in [0, 0.1) is 12.8 Å². The largest absolute Gasteiger partial charge is 0.481 e. The molecule has 24 heavy (non-hydrogen) atoms. The third-order valence-electron chi connectivity index (χ3n) is 4.65. The molecule has 1 fully saturated rings. The normalized spacial score (nSPS) is 21.9. The first-order valence-corrected chi connectivity index (χ1v) is 8.41. The summed E-state index contributed by atoms with van der Waals surface area (Å²) in [6.07, 6.45) is 8.49. The van der Waals surface area contributed by atoms with Crippen LogP contribution in [0.5, 0.6) is 0 Å². The Morgan fingerprint density at radius 2 is 2.00 bits per heavy atom. The highest BCUT2D eigenvalue weighted by Crippen LogP contribution is 2.24. The summed E-state index contributed by atoms with van der Waals surface area (Å²) >= 11 is 0. The summed E-state index contributed by atoms with van der Waals surface area (Å²) in [5, 5.41) is 16.6. The number of rotatable bonds is 3. The number of fused-ring (bicyclic) bond motifs is 1. The van der Waals surface area contributed by atoms with Gasteiger partial charge in [0.2, 0.25) is 0 Å². The molecule has 2 heterocycles. The van der Waals surface area contributed by atoms with E-state index in [0.29, 0.717) is 24.1 Å². The van der Waals surface area contributed by atoms with Gasteiger partial charge < -0.3 is 10.4 Å². The molecule has 2 atom stereocenters. The molecule has 3 rings (SSSR count). The average Bonchev–Trinajstić information content (AvgIpc) is 2.92. The number of aromatic nitrogens is 3. The maximum absolute atomic E-state index is 12.7. The molecule has 1 aliphatic carbocycles. The molecule has 2 unspecified atom stereocenters. The predicted octanol–water partition coefficient (Wildman–Crippen LogP) is 2.19. The van der Waals surface area contributed by atoms with Crippen molar-refractivity contribution in [1.82, 2.24) is 19.9 Å². The highest BCUT2D eigenvalue weighted by Gasteiger charge is 2.30. The third-order valence-corrected chi connectivity index (χ3v) is 4.65. The molecule has 2 N–H and O–H groups in total. The highest BCUT2D eigenvalue weighted by molar-refractivity contribution is 6.00. The first-order valence-electron chi connectivity index (χ1n) is 8.41. The van der Waals surface area contributed by atoms with Crippen LogP contribution in [0.2, 0.25) is 0 Å². The number of carboxylic acid groups (broad SMARTS) is 1. The average molecular weight is 330 g/mol. The molecule has 1 amide bonds. The molecule has 2 aromatic rings. The SMILES string of the molecule is Cc1ccn2ncc(C(=O)NC3CCCCCCC3C(=O)O)c2n1. The number of nitrogens with zero attached hydrogens (tertiary/aromatic N) is 3. The number of hydrogen-bond acceptors (Lipinski definition) is 4. The number of hydrogen-bond donors (Lipinski definition) is 2. The smallest absolute Gasteiger partial charge is 0.308 e. The minimum Gasteiger partial charge on any atom is -0.481 e. The first-order chi connectivity index (χ1) is 11.6. The Bertz CT molecular complexity index is 755. The van der Waals surface area contributed by atoms with Gasteiger partial charge in [0.25, 0.3) is 5.91 Å². The van der Waals surface area contributed by atoms with Gasteiger partial charge in [0, 0.05) is 17.9 Å². The van der Waals surface area contributed by atoms with Crippen LogP contribution in [0.4, 0.5) is 0 Å². The van der Waals surface area contributed by atoms with E-state index in [0.717, 1.165) is 31.4 Å². The van der Waals surface area contributed by atoms with Crippen LogP contribution < -0.4 is 5.32 Å². The van der Waals surface area contributed by atoms with Crippen molar-refractivity contribution in [3.63, 3.8) is 0 Å². The highest BCUT2D eigenvalue weighted by atomic mass is 16.4. The van der Waals surface area contributed by atoms with E-state index in [-0.39, 0.29) is 11.9 Å². The van der Waals surface area contributed by atoms with Crippen molar-refractivity contribution in [2.24, 2.45) is 5.92 Å². The summed E-state index contributed by atoms with van der Waals surface area (Å²) in [6.45, 7) is 1.85. The Labute approximate surface area is 140 Å². The Hall–Kier alpha value is -2.44. The number of carboxylic acids is 1. The van der Waals surface area contributed by atoms with Crippen molar-refractivity contribution in [3.8, 4) is 0 Å². The fourth-order valence-corrected chi connectivity index (χ4v) is 3.32. The van der Waals surface area contributed by atoms with E-state index in [1.165, 1.54) is 6.20 Å². The van der Waals surface area contributed by atoms with E-state index in [1.54, 1.807) is 10.7 Å². The van der Waals surface area contributed by atoms with Crippen LogP contribution >= 0.6 is 0 Å². The molecule has 0 aromatic carbocycles. The molecule has 0 radical (unpaired) electrons. The van der Waals surface area contributed by atoms with Crippen LogP contribution in [0.1, 0.15) is 54.6 Å². The molecule has 7 nitrogen and oxygen atoms in total. The van der Waals surface area contributed by atoms with E-state index in [9.17, 15) is 14.7 Å². The second kappa shape index (κ2) is 6.98. The van der Waals surface area contributed by atoms with E-state index in [1.807, 2.05) is 13.0 Å². The number of nitrogens with one attached hydrogen (secondary N) is 1. The van der Waals surface area contributed by atoms with Crippen LogP contribution in [0.3, 0.4) is 0 Å². The molecule has 0 saturated heterocycles. The van der Waals surface area contributed by atoms with Crippen LogP contribution in [-0.4, -0.2) is 37.6 Å². The maximum atomic E-state index is 12.7. The predicted molar refractivity (Wildman–Crippen MR) is 87.8 cm³/mol. The molecule has 0 aliphatic heterocycles. The molecule has 0 bridgehead atoms. The van der Waals surface area contributed by atoms with Gasteiger partial charge in [-0.3, -0.25) is 9.59 Å². The van der Waals surface area contributed by atoms with E-state index in [4.69, 9.17) is 0 Å². The van der Waals surface area contributed by atoms with E-state index >= 15 is 0 Å². The quantitative estimate of drug-likeness (QED) is 0.899. The summed E-state index contributed by atoms with van der Waals surface area (Å²) in [7, 11) is 0. The molecule has 128 valence electrons. The summed E-state index contributed by atoms with van der Waals surface area (Å²) in [6, 6.07) is 1.46. The monoisotopic (exact) mass is 330 g/mol. The summed E-state index contributed by atoms with van der Waals surface area (Å²) in [5.74, 6) is -1.68. The Morgan fingerprint density at radius 1 is 1.25 bits per heavy atom. The standard InChI is InChI=1S/C17H22N4O3/c1-11-8-9-21-15(19-11)13(10-18-21)16(22)20-14-7-5-3-2-4-6-12(14)17(23)24/h8-10,12,14H,2-7H2,1H3,(H,20,22)(H,23,24). The van der Waals surface area contributed by atoms with Gasteiger partial charge in [0.1, 0.15) is 5.56 Å². The zero-order valence-corrected chi connectivity index (χ0v) is 13.7.